The van der Waals surface area contributed by atoms with E-state index in [4.69, 9.17) is 0 Å². The van der Waals surface area contributed by atoms with Crippen LogP contribution < -0.4 is 0 Å². The van der Waals surface area contributed by atoms with E-state index in [-0.39, 0.29) is 0 Å². The summed E-state index contributed by atoms with van der Waals surface area (Å²) in [4.78, 5) is 0. The lowest BCUT2D eigenvalue weighted by Gasteiger charge is -1.73. The molecule has 0 aliphatic heterocycles. The number of aromatic nitrogens is 1. The van der Waals surface area contributed by atoms with Crippen molar-refractivity contribution in [2.24, 2.45) is 0 Å². The summed E-state index contributed by atoms with van der Waals surface area (Å²) >= 11 is 3.21. The van der Waals surface area contributed by atoms with Crippen molar-refractivity contribution in [3.63, 3.8) is 0 Å². The molecule has 1 rings (SSSR count). The van der Waals surface area contributed by atoms with E-state index in [2.05, 4.69) is 25.6 Å². The molecular formula is C4H4BrNO. The van der Waals surface area contributed by atoms with Crippen LogP contribution in [-0.2, 0) is 0 Å². The van der Waals surface area contributed by atoms with Gasteiger partial charge in [-0.1, -0.05) is 5.16 Å². The summed E-state index contributed by atoms with van der Waals surface area (Å²) in [5, 5.41) is 3.50. The van der Waals surface area contributed by atoms with Crippen LogP contribution in [0, 0.1) is 6.92 Å². The maximum absolute atomic E-state index is 4.67. The Balaban J connectivity index is 3.12. The Kier molecular flexibility index (Phi) is 1.15. The van der Waals surface area contributed by atoms with Gasteiger partial charge in [0.1, 0.15) is 5.76 Å². The highest BCUT2D eigenvalue weighted by atomic mass is 79.9. The molecule has 0 radical (unpaired) electrons. The summed E-state index contributed by atoms with van der Waals surface area (Å²) in [6, 6.07) is 0. The predicted molar refractivity (Wildman–Crippen MR) is 28.9 cm³/mol. The molecule has 0 unspecified atom stereocenters. The lowest BCUT2D eigenvalue weighted by Crippen LogP contribution is -1.56. The molecule has 0 aliphatic carbocycles. The summed E-state index contributed by atoms with van der Waals surface area (Å²) in [5.74, 6) is 0.819. The third-order valence-corrected chi connectivity index (χ3v) is 1.46. The fourth-order valence-electron chi connectivity index (χ4n) is 0.286. The number of hydrogen-bond donors (Lipinski definition) is 0. The second-order valence-electron chi connectivity index (χ2n) is 1.23. The molecule has 38 valence electrons. The van der Waals surface area contributed by atoms with E-state index in [0.29, 0.717) is 0 Å². The first-order valence-corrected chi connectivity index (χ1v) is 2.67. The Labute approximate surface area is 49.6 Å². The molecule has 0 aromatic carbocycles. The average molecular weight is 162 g/mol. The van der Waals surface area contributed by atoms with Crippen molar-refractivity contribution < 1.29 is 4.52 Å². The van der Waals surface area contributed by atoms with Gasteiger partial charge in [0, 0.05) is 0 Å². The fourth-order valence-corrected chi connectivity index (χ4v) is 0.442. The Morgan fingerprint density at radius 2 is 2.57 bits per heavy atom. The van der Waals surface area contributed by atoms with Gasteiger partial charge in [-0.05, 0) is 22.9 Å². The molecule has 1 heterocycles. The van der Waals surface area contributed by atoms with Crippen LogP contribution in [0.2, 0.25) is 0 Å². The maximum Gasteiger partial charge on any atom is 0.147 e. The van der Waals surface area contributed by atoms with Crippen molar-refractivity contribution in [1.82, 2.24) is 5.16 Å². The smallest absolute Gasteiger partial charge is 0.147 e. The van der Waals surface area contributed by atoms with Gasteiger partial charge in [-0.2, -0.15) is 0 Å². The van der Waals surface area contributed by atoms with Crippen LogP contribution in [0.25, 0.3) is 0 Å². The molecule has 2 nitrogen and oxygen atoms in total. The van der Waals surface area contributed by atoms with Gasteiger partial charge in [-0.25, -0.2) is 0 Å². The van der Waals surface area contributed by atoms with E-state index in [0.717, 1.165) is 10.2 Å². The highest BCUT2D eigenvalue weighted by molar-refractivity contribution is 9.10. The van der Waals surface area contributed by atoms with E-state index < -0.39 is 0 Å². The summed E-state index contributed by atoms with van der Waals surface area (Å²) in [5.41, 5.74) is 0. The summed E-state index contributed by atoms with van der Waals surface area (Å²) in [6.45, 7) is 1.84. The molecule has 0 amide bonds. The van der Waals surface area contributed by atoms with Crippen molar-refractivity contribution in [3.8, 4) is 0 Å². The molecule has 7 heavy (non-hydrogen) atoms. The fraction of sp³-hybridized carbons (Fsp3) is 0.250. The monoisotopic (exact) mass is 161 g/mol. The molecule has 0 spiro atoms. The van der Waals surface area contributed by atoms with Gasteiger partial charge in [0.25, 0.3) is 0 Å². The van der Waals surface area contributed by atoms with Crippen LogP contribution in [0.3, 0.4) is 0 Å². The Morgan fingerprint density at radius 3 is 2.71 bits per heavy atom. The van der Waals surface area contributed by atoms with Gasteiger partial charge in [-0.15, -0.1) is 0 Å². The number of hydrogen-bond acceptors (Lipinski definition) is 2. The first-order chi connectivity index (χ1) is 3.30. The van der Waals surface area contributed by atoms with Crippen LogP contribution in [-0.4, -0.2) is 5.16 Å². The van der Waals surface area contributed by atoms with Crippen molar-refractivity contribution in [1.29, 1.82) is 0 Å². The highest BCUT2D eigenvalue weighted by Crippen LogP contribution is 2.12. The topological polar surface area (TPSA) is 26.0 Å². The summed E-state index contributed by atoms with van der Waals surface area (Å²) in [7, 11) is 0. The predicted octanol–water partition coefficient (Wildman–Crippen LogP) is 1.75. The van der Waals surface area contributed by atoms with Crippen LogP contribution >= 0.6 is 15.9 Å². The Morgan fingerprint density at radius 1 is 1.86 bits per heavy atom. The number of halogens is 1. The van der Waals surface area contributed by atoms with Gasteiger partial charge >= 0.3 is 0 Å². The van der Waals surface area contributed by atoms with Crippen molar-refractivity contribution in [3.05, 3.63) is 16.4 Å². The lowest BCUT2D eigenvalue weighted by molar-refractivity contribution is 0.396. The molecule has 0 atom stereocenters. The number of aryl methyl sites for hydroxylation is 1. The maximum atomic E-state index is 4.67. The van der Waals surface area contributed by atoms with Crippen molar-refractivity contribution in [2.45, 2.75) is 6.92 Å². The molecule has 1 aromatic rings. The molecule has 0 saturated carbocycles. The number of nitrogens with zero attached hydrogens (tertiary/aromatic N) is 1. The zero-order chi connectivity index (χ0) is 5.28. The SMILES string of the molecule is Cc1oncc1Br. The average Bonchev–Trinajstić information content (AvgIpc) is 1.91. The molecular weight excluding hydrogens is 158 g/mol. The van der Waals surface area contributed by atoms with Gasteiger partial charge in [0.15, 0.2) is 0 Å². The molecule has 0 bridgehead atoms. The van der Waals surface area contributed by atoms with Gasteiger partial charge in [-0.3, -0.25) is 0 Å². The van der Waals surface area contributed by atoms with E-state index in [9.17, 15) is 0 Å². The zero-order valence-corrected chi connectivity index (χ0v) is 5.40. The van der Waals surface area contributed by atoms with E-state index in [1.807, 2.05) is 6.92 Å². The van der Waals surface area contributed by atoms with Crippen LogP contribution in [0.15, 0.2) is 15.2 Å². The van der Waals surface area contributed by atoms with Gasteiger partial charge in [0.2, 0.25) is 0 Å². The molecule has 0 aliphatic rings. The summed E-state index contributed by atoms with van der Waals surface area (Å²) < 4.78 is 5.59. The lowest BCUT2D eigenvalue weighted by atomic mass is 10.5. The van der Waals surface area contributed by atoms with E-state index in [1.54, 1.807) is 6.20 Å². The first-order valence-electron chi connectivity index (χ1n) is 1.87. The number of rotatable bonds is 0. The van der Waals surface area contributed by atoms with Crippen molar-refractivity contribution >= 4 is 15.9 Å². The van der Waals surface area contributed by atoms with Gasteiger partial charge in [0.05, 0.1) is 10.7 Å². The largest absolute Gasteiger partial charge is 0.361 e. The minimum absolute atomic E-state index is 0.819. The quantitative estimate of drug-likeness (QED) is 0.580. The third-order valence-electron chi connectivity index (χ3n) is 0.692. The summed E-state index contributed by atoms with van der Waals surface area (Å²) in [6.07, 6.45) is 1.62. The van der Waals surface area contributed by atoms with Crippen LogP contribution in [0.1, 0.15) is 5.76 Å². The minimum Gasteiger partial charge on any atom is -0.361 e. The molecule has 3 heteroatoms. The second-order valence-corrected chi connectivity index (χ2v) is 2.08. The zero-order valence-electron chi connectivity index (χ0n) is 3.81. The molecule has 0 N–H and O–H groups in total. The minimum atomic E-state index is 0.819. The third kappa shape index (κ3) is 0.825. The Hall–Kier alpha value is -0.310. The first kappa shape index (κ1) is 4.84. The van der Waals surface area contributed by atoms with Crippen LogP contribution in [0.4, 0.5) is 0 Å². The standard InChI is InChI=1S/C4H4BrNO/c1-3-4(5)2-6-7-3/h2H,1H3. The Bertz CT molecular complexity index is 144. The van der Waals surface area contributed by atoms with Gasteiger partial charge < -0.3 is 4.52 Å². The normalized spacial score (nSPS) is 9.43. The van der Waals surface area contributed by atoms with Crippen LogP contribution in [0.5, 0.6) is 0 Å². The second kappa shape index (κ2) is 1.66. The van der Waals surface area contributed by atoms with E-state index in [1.165, 1.54) is 0 Å². The highest BCUT2D eigenvalue weighted by Gasteiger charge is 1.93. The molecule has 0 fully saturated rings. The van der Waals surface area contributed by atoms with Crippen molar-refractivity contribution in [2.75, 3.05) is 0 Å². The van der Waals surface area contributed by atoms with E-state index >= 15 is 0 Å². The molecule has 0 saturated heterocycles. The molecule has 1 aromatic heterocycles.